The van der Waals surface area contributed by atoms with Crippen LogP contribution in [-0.4, -0.2) is 11.7 Å². The van der Waals surface area contributed by atoms with E-state index >= 15 is 0 Å². The third kappa shape index (κ3) is 4.30. The molecule has 4 heteroatoms. The van der Waals surface area contributed by atoms with E-state index in [1.54, 1.807) is 12.1 Å². The summed E-state index contributed by atoms with van der Waals surface area (Å²) in [6.07, 6.45) is 1.48. The van der Waals surface area contributed by atoms with Crippen molar-refractivity contribution in [2.75, 3.05) is 6.61 Å². The molecule has 0 bridgehead atoms. The fourth-order valence-electron chi connectivity index (χ4n) is 1.28. The van der Waals surface area contributed by atoms with E-state index in [-0.39, 0.29) is 25.1 Å². The quantitative estimate of drug-likeness (QED) is 0.822. The van der Waals surface area contributed by atoms with Crippen molar-refractivity contribution in [2.24, 2.45) is 5.73 Å². The molecule has 0 amide bonds. The summed E-state index contributed by atoms with van der Waals surface area (Å²) in [6.45, 7) is 0.171. The van der Waals surface area contributed by atoms with E-state index < -0.39 is 0 Å². The lowest BCUT2D eigenvalue weighted by Gasteiger charge is -2.10. The smallest absolute Gasteiger partial charge is 0.0991 e. The summed E-state index contributed by atoms with van der Waals surface area (Å²) in [6, 6.07) is 9.25. The van der Waals surface area contributed by atoms with E-state index in [1.165, 1.54) is 0 Å². The van der Waals surface area contributed by atoms with Gasteiger partial charge in [-0.05, 0) is 30.5 Å². The highest BCUT2D eigenvalue weighted by Crippen LogP contribution is 2.15. The maximum absolute atomic E-state index is 8.65. The zero-order chi connectivity index (χ0) is 10.4. The van der Waals surface area contributed by atoms with Gasteiger partial charge in [0.1, 0.15) is 0 Å². The average molecular weight is 227 g/mol. The van der Waals surface area contributed by atoms with Crippen LogP contribution < -0.4 is 5.73 Å². The van der Waals surface area contributed by atoms with Crippen LogP contribution in [0.3, 0.4) is 0 Å². The van der Waals surface area contributed by atoms with Crippen molar-refractivity contribution in [1.29, 1.82) is 5.26 Å². The Bertz CT molecular complexity index is 318. The highest BCUT2D eigenvalue weighted by molar-refractivity contribution is 5.85. The molecule has 1 rings (SSSR count). The number of halogens is 1. The van der Waals surface area contributed by atoms with Crippen molar-refractivity contribution in [2.45, 2.75) is 18.9 Å². The SMILES string of the molecule is Cl.N#Cc1ccc([C@@H](N)CCCO)cc1. The average Bonchev–Trinajstić information content (AvgIpc) is 2.26. The first-order valence-electron chi connectivity index (χ1n) is 4.64. The van der Waals surface area contributed by atoms with Gasteiger partial charge in [0.25, 0.3) is 0 Å². The number of hydrogen-bond donors (Lipinski definition) is 2. The summed E-state index contributed by atoms with van der Waals surface area (Å²) < 4.78 is 0. The molecule has 0 radical (unpaired) electrons. The Labute approximate surface area is 95.9 Å². The maximum atomic E-state index is 8.65. The van der Waals surface area contributed by atoms with Crippen LogP contribution in [0.15, 0.2) is 24.3 Å². The first kappa shape index (κ1) is 13.9. The minimum absolute atomic E-state index is 0. The Balaban J connectivity index is 0.00000196. The third-order valence-electron chi connectivity index (χ3n) is 2.14. The molecule has 0 saturated carbocycles. The summed E-state index contributed by atoms with van der Waals surface area (Å²) in [4.78, 5) is 0. The molecular weight excluding hydrogens is 212 g/mol. The van der Waals surface area contributed by atoms with Crippen molar-refractivity contribution in [3.05, 3.63) is 35.4 Å². The lowest BCUT2D eigenvalue weighted by atomic mass is 10.0. The molecule has 3 nitrogen and oxygen atoms in total. The van der Waals surface area contributed by atoms with Crippen LogP contribution in [0.25, 0.3) is 0 Å². The van der Waals surface area contributed by atoms with Crippen molar-refractivity contribution in [3.8, 4) is 6.07 Å². The fraction of sp³-hybridized carbons (Fsp3) is 0.364. The highest BCUT2D eigenvalue weighted by atomic mass is 35.5. The lowest BCUT2D eigenvalue weighted by Crippen LogP contribution is -2.10. The number of benzene rings is 1. The van der Waals surface area contributed by atoms with Crippen LogP contribution in [0.4, 0.5) is 0 Å². The molecule has 1 aromatic carbocycles. The van der Waals surface area contributed by atoms with E-state index in [2.05, 4.69) is 6.07 Å². The molecule has 0 aliphatic carbocycles. The summed E-state index contributed by atoms with van der Waals surface area (Å²) in [7, 11) is 0. The van der Waals surface area contributed by atoms with E-state index in [0.29, 0.717) is 12.0 Å². The largest absolute Gasteiger partial charge is 0.396 e. The Kier molecular flexibility index (Phi) is 6.72. The van der Waals surface area contributed by atoms with Gasteiger partial charge in [-0.3, -0.25) is 0 Å². The fourth-order valence-corrected chi connectivity index (χ4v) is 1.28. The second kappa shape index (κ2) is 7.24. The standard InChI is InChI=1S/C11H14N2O.ClH/c12-8-9-3-5-10(6-4-9)11(13)2-1-7-14;/h3-6,11,14H,1-2,7,13H2;1H/t11-;/m0./s1. The van der Waals surface area contributed by atoms with Gasteiger partial charge in [-0.25, -0.2) is 0 Å². The normalized spacial score (nSPS) is 11.3. The lowest BCUT2D eigenvalue weighted by molar-refractivity contribution is 0.280. The maximum Gasteiger partial charge on any atom is 0.0991 e. The Morgan fingerprint density at radius 2 is 1.93 bits per heavy atom. The predicted octanol–water partition coefficient (Wildman–Crippen LogP) is 1.75. The number of nitriles is 1. The van der Waals surface area contributed by atoms with E-state index in [9.17, 15) is 0 Å². The molecule has 82 valence electrons. The number of aliphatic hydroxyl groups excluding tert-OH is 1. The van der Waals surface area contributed by atoms with Crippen LogP contribution >= 0.6 is 12.4 Å². The molecule has 3 N–H and O–H groups in total. The van der Waals surface area contributed by atoms with Gasteiger partial charge in [-0.2, -0.15) is 5.26 Å². The number of nitrogens with zero attached hydrogens (tertiary/aromatic N) is 1. The van der Waals surface area contributed by atoms with Crippen LogP contribution in [0.5, 0.6) is 0 Å². The number of rotatable bonds is 4. The first-order chi connectivity index (χ1) is 6.77. The summed E-state index contributed by atoms with van der Waals surface area (Å²) in [5, 5.41) is 17.2. The van der Waals surface area contributed by atoms with Gasteiger partial charge in [-0.1, -0.05) is 12.1 Å². The van der Waals surface area contributed by atoms with Crippen molar-refractivity contribution in [3.63, 3.8) is 0 Å². The molecule has 0 heterocycles. The van der Waals surface area contributed by atoms with Gasteiger partial charge >= 0.3 is 0 Å². The molecule has 0 fully saturated rings. The van der Waals surface area contributed by atoms with Gasteiger partial charge in [-0.15, -0.1) is 12.4 Å². The van der Waals surface area contributed by atoms with Crippen molar-refractivity contribution < 1.29 is 5.11 Å². The highest BCUT2D eigenvalue weighted by Gasteiger charge is 2.04. The van der Waals surface area contributed by atoms with Crippen LogP contribution in [0.2, 0.25) is 0 Å². The zero-order valence-electron chi connectivity index (χ0n) is 8.39. The number of hydrogen-bond acceptors (Lipinski definition) is 3. The molecular formula is C11H15ClN2O. The predicted molar refractivity (Wildman–Crippen MR) is 61.7 cm³/mol. The number of aliphatic hydroxyl groups is 1. The molecule has 0 saturated heterocycles. The molecule has 1 atom stereocenters. The molecule has 0 aliphatic heterocycles. The third-order valence-corrected chi connectivity index (χ3v) is 2.14. The molecule has 0 aliphatic rings. The minimum atomic E-state index is -0.0464. The van der Waals surface area contributed by atoms with Crippen LogP contribution in [-0.2, 0) is 0 Å². The minimum Gasteiger partial charge on any atom is -0.396 e. The van der Waals surface area contributed by atoms with Gasteiger partial charge in [0.15, 0.2) is 0 Å². The van der Waals surface area contributed by atoms with Gasteiger partial charge in [0, 0.05) is 12.6 Å². The topological polar surface area (TPSA) is 70.0 Å². The Morgan fingerprint density at radius 1 is 1.33 bits per heavy atom. The van der Waals surface area contributed by atoms with E-state index in [1.807, 2.05) is 12.1 Å². The molecule has 0 unspecified atom stereocenters. The molecule has 15 heavy (non-hydrogen) atoms. The first-order valence-corrected chi connectivity index (χ1v) is 4.64. The zero-order valence-corrected chi connectivity index (χ0v) is 9.20. The van der Waals surface area contributed by atoms with Gasteiger partial charge in [0.05, 0.1) is 11.6 Å². The van der Waals surface area contributed by atoms with E-state index in [0.717, 1.165) is 12.0 Å². The summed E-state index contributed by atoms with van der Waals surface area (Å²) in [5.74, 6) is 0. The van der Waals surface area contributed by atoms with Crippen molar-refractivity contribution in [1.82, 2.24) is 0 Å². The van der Waals surface area contributed by atoms with Crippen molar-refractivity contribution >= 4 is 12.4 Å². The summed E-state index contributed by atoms with van der Waals surface area (Å²) in [5.41, 5.74) is 7.53. The monoisotopic (exact) mass is 226 g/mol. The molecule has 1 aromatic rings. The number of nitrogens with two attached hydrogens (primary N) is 1. The molecule has 0 aromatic heterocycles. The second-order valence-electron chi connectivity index (χ2n) is 3.21. The van der Waals surface area contributed by atoms with Crippen LogP contribution in [0, 0.1) is 11.3 Å². The van der Waals surface area contributed by atoms with Crippen LogP contribution in [0.1, 0.15) is 30.0 Å². The second-order valence-corrected chi connectivity index (χ2v) is 3.21. The van der Waals surface area contributed by atoms with E-state index in [4.69, 9.17) is 16.1 Å². The van der Waals surface area contributed by atoms with Gasteiger partial charge in [0.2, 0.25) is 0 Å². The molecule has 0 spiro atoms. The Morgan fingerprint density at radius 3 is 2.40 bits per heavy atom. The Hall–Kier alpha value is -1.08. The van der Waals surface area contributed by atoms with Gasteiger partial charge < -0.3 is 10.8 Å². The summed E-state index contributed by atoms with van der Waals surface area (Å²) >= 11 is 0.